The summed E-state index contributed by atoms with van der Waals surface area (Å²) in [6.07, 6.45) is 1.65. The van der Waals surface area contributed by atoms with Crippen molar-refractivity contribution in [2.24, 2.45) is 7.05 Å². The number of rotatable bonds is 7. The first-order valence-electron chi connectivity index (χ1n) is 11.7. The van der Waals surface area contributed by atoms with Gasteiger partial charge in [0, 0.05) is 18.0 Å². The first-order valence-corrected chi connectivity index (χ1v) is 12.5. The number of fused-ring (bicyclic) bond motifs is 1. The van der Waals surface area contributed by atoms with E-state index >= 15 is 0 Å². The van der Waals surface area contributed by atoms with Gasteiger partial charge in [0.1, 0.15) is 19.0 Å². The lowest BCUT2D eigenvalue weighted by Gasteiger charge is -2.18. The summed E-state index contributed by atoms with van der Waals surface area (Å²) in [7, 11) is 1.93. The molecular formula is C29H24N2O5S. The fourth-order valence-electron chi connectivity index (χ4n) is 4.17. The maximum Gasteiger partial charge on any atom is 0.290 e. The second-order valence-electron chi connectivity index (χ2n) is 8.57. The molecule has 1 N–H and O–H groups in total. The van der Waals surface area contributed by atoms with Crippen LogP contribution in [0.4, 0.5) is 4.79 Å². The number of hydrogen-bond donors (Lipinski definition) is 1. The zero-order chi connectivity index (χ0) is 25.9. The molecule has 3 aromatic carbocycles. The average molecular weight is 513 g/mol. The van der Waals surface area contributed by atoms with Gasteiger partial charge < -0.3 is 14.0 Å². The molecule has 1 aliphatic heterocycles. The van der Waals surface area contributed by atoms with E-state index in [1.54, 1.807) is 36.4 Å². The summed E-state index contributed by atoms with van der Waals surface area (Å²) >= 11 is 0.877. The van der Waals surface area contributed by atoms with E-state index in [0.717, 1.165) is 34.0 Å². The third kappa shape index (κ3) is 5.15. The van der Waals surface area contributed by atoms with Gasteiger partial charge in [0.2, 0.25) is 5.43 Å². The van der Waals surface area contributed by atoms with Crippen LogP contribution in [0.2, 0.25) is 0 Å². The Kier molecular flexibility index (Phi) is 6.83. The maximum absolute atomic E-state index is 13.4. The number of nitrogens with zero attached hydrogens (tertiary/aromatic N) is 1. The predicted molar refractivity (Wildman–Crippen MR) is 146 cm³/mol. The molecular weight excluding hydrogens is 488 g/mol. The van der Waals surface area contributed by atoms with E-state index in [2.05, 4.69) is 5.32 Å². The Balaban J connectivity index is 1.32. The number of carbonyl (C=O) groups excluding carboxylic acids is 2. The molecule has 0 saturated carbocycles. The van der Waals surface area contributed by atoms with Gasteiger partial charge in [0.05, 0.1) is 16.1 Å². The molecule has 0 atom stereocenters. The summed E-state index contributed by atoms with van der Waals surface area (Å²) < 4.78 is 13.9. The number of para-hydroxylation sites is 1. The van der Waals surface area contributed by atoms with Crippen molar-refractivity contribution in [3.63, 3.8) is 0 Å². The molecule has 7 nitrogen and oxygen atoms in total. The lowest BCUT2D eigenvalue weighted by molar-refractivity contribution is -0.115. The second kappa shape index (κ2) is 10.4. The van der Waals surface area contributed by atoms with Gasteiger partial charge in [0.25, 0.3) is 11.1 Å². The molecule has 1 fully saturated rings. The molecule has 37 heavy (non-hydrogen) atoms. The molecule has 0 spiro atoms. The molecule has 2 heterocycles. The van der Waals surface area contributed by atoms with Gasteiger partial charge in [-0.25, -0.2) is 0 Å². The maximum atomic E-state index is 13.4. The highest BCUT2D eigenvalue weighted by Crippen LogP contribution is 2.31. The molecule has 2 amide bonds. The Labute approximate surface area is 217 Å². The molecule has 1 aromatic heterocycles. The van der Waals surface area contributed by atoms with Crippen molar-refractivity contribution < 1.29 is 19.1 Å². The highest BCUT2D eigenvalue weighted by molar-refractivity contribution is 8.18. The van der Waals surface area contributed by atoms with Crippen LogP contribution < -0.4 is 20.2 Å². The normalized spacial score (nSPS) is 14.3. The quantitative estimate of drug-likeness (QED) is 0.267. The number of benzene rings is 3. The molecule has 0 radical (unpaired) electrons. The number of amides is 2. The Hall–Kier alpha value is -4.30. The Morgan fingerprint density at radius 3 is 2.30 bits per heavy atom. The fraction of sp³-hybridized carbons (Fsp3) is 0.138. The van der Waals surface area contributed by atoms with Crippen LogP contribution in [0.5, 0.6) is 11.5 Å². The number of aromatic nitrogens is 1. The van der Waals surface area contributed by atoms with Crippen LogP contribution in [0.3, 0.4) is 0 Å². The van der Waals surface area contributed by atoms with Crippen molar-refractivity contribution in [3.8, 4) is 22.8 Å². The van der Waals surface area contributed by atoms with Gasteiger partial charge in [0.15, 0.2) is 5.75 Å². The molecule has 8 heteroatoms. The van der Waals surface area contributed by atoms with E-state index in [1.165, 1.54) is 0 Å². The molecule has 186 valence electrons. The van der Waals surface area contributed by atoms with Crippen LogP contribution in [0, 0.1) is 6.92 Å². The second-order valence-corrected chi connectivity index (χ2v) is 9.58. The zero-order valence-electron chi connectivity index (χ0n) is 20.3. The van der Waals surface area contributed by atoms with Crippen molar-refractivity contribution in [2.45, 2.75) is 6.92 Å². The molecule has 0 bridgehead atoms. The van der Waals surface area contributed by atoms with Crippen LogP contribution in [-0.4, -0.2) is 28.9 Å². The summed E-state index contributed by atoms with van der Waals surface area (Å²) in [5.74, 6) is 0.519. The SMILES string of the molecule is Cc1ccc(-c2c(OCCOc3ccc(C=C4SC(=O)NC4=O)cc3)c(=O)c3ccccc3n2C)cc1. The van der Waals surface area contributed by atoms with Crippen molar-refractivity contribution in [1.29, 1.82) is 0 Å². The van der Waals surface area contributed by atoms with Gasteiger partial charge in [-0.3, -0.25) is 19.7 Å². The largest absolute Gasteiger partial charge is 0.490 e. The number of carbonyl (C=O) groups is 2. The first kappa shape index (κ1) is 24.4. The third-order valence-electron chi connectivity index (χ3n) is 6.01. The Morgan fingerprint density at radius 1 is 0.892 bits per heavy atom. The number of thioether (sulfide) groups is 1. The zero-order valence-corrected chi connectivity index (χ0v) is 21.1. The van der Waals surface area contributed by atoms with E-state index in [0.29, 0.717) is 21.7 Å². The molecule has 4 aromatic rings. The summed E-state index contributed by atoms with van der Waals surface area (Å²) in [4.78, 5) is 36.8. The summed E-state index contributed by atoms with van der Waals surface area (Å²) in [6, 6.07) is 22.6. The van der Waals surface area contributed by atoms with Gasteiger partial charge in [-0.2, -0.15) is 0 Å². The molecule has 1 saturated heterocycles. The Bertz CT molecular complexity index is 1590. The predicted octanol–water partition coefficient (Wildman–Crippen LogP) is 5.30. The van der Waals surface area contributed by atoms with E-state index in [1.807, 2.05) is 61.0 Å². The van der Waals surface area contributed by atoms with Gasteiger partial charge in [-0.1, -0.05) is 54.1 Å². The van der Waals surface area contributed by atoms with Crippen molar-refractivity contribution in [3.05, 3.63) is 99.1 Å². The summed E-state index contributed by atoms with van der Waals surface area (Å²) in [6.45, 7) is 2.43. The van der Waals surface area contributed by atoms with Crippen LogP contribution in [0.25, 0.3) is 28.2 Å². The van der Waals surface area contributed by atoms with E-state index in [-0.39, 0.29) is 29.6 Å². The number of hydrogen-bond acceptors (Lipinski definition) is 6. The number of pyridine rings is 1. The lowest BCUT2D eigenvalue weighted by Crippen LogP contribution is -2.18. The molecule has 0 aliphatic carbocycles. The lowest BCUT2D eigenvalue weighted by atomic mass is 10.1. The number of nitrogens with one attached hydrogen (secondary N) is 1. The minimum absolute atomic E-state index is 0.158. The van der Waals surface area contributed by atoms with Crippen LogP contribution in [0.15, 0.2) is 82.5 Å². The third-order valence-corrected chi connectivity index (χ3v) is 6.82. The van der Waals surface area contributed by atoms with E-state index in [4.69, 9.17) is 9.47 Å². The summed E-state index contributed by atoms with van der Waals surface area (Å²) in [5, 5.41) is 2.46. The molecule has 5 rings (SSSR count). The van der Waals surface area contributed by atoms with Gasteiger partial charge >= 0.3 is 0 Å². The standard InChI is InChI=1S/C29H24N2O5S/c1-18-7-11-20(12-8-18)25-27(26(32)22-5-3-4-6-23(22)31(25)2)36-16-15-35-21-13-9-19(10-14-21)17-24-28(33)30-29(34)37-24/h3-14,17H,15-16H2,1-2H3,(H,30,33,34). The minimum Gasteiger partial charge on any atom is -0.490 e. The highest BCUT2D eigenvalue weighted by atomic mass is 32.2. The summed E-state index contributed by atoms with van der Waals surface area (Å²) in [5.41, 5.74) is 4.19. The first-order chi connectivity index (χ1) is 17.9. The smallest absolute Gasteiger partial charge is 0.290 e. The Morgan fingerprint density at radius 2 is 1.59 bits per heavy atom. The number of imide groups is 1. The van der Waals surface area contributed by atoms with Crippen molar-refractivity contribution in [2.75, 3.05) is 13.2 Å². The van der Waals surface area contributed by atoms with Crippen LogP contribution in [0.1, 0.15) is 11.1 Å². The number of ether oxygens (including phenoxy) is 2. The van der Waals surface area contributed by atoms with Crippen LogP contribution >= 0.6 is 11.8 Å². The van der Waals surface area contributed by atoms with Gasteiger partial charge in [-0.05, 0) is 54.6 Å². The van der Waals surface area contributed by atoms with E-state index < -0.39 is 5.91 Å². The van der Waals surface area contributed by atoms with E-state index in [9.17, 15) is 14.4 Å². The fourth-order valence-corrected chi connectivity index (χ4v) is 4.85. The van der Waals surface area contributed by atoms with Gasteiger partial charge in [-0.15, -0.1) is 0 Å². The topological polar surface area (TPSA) is 86.6 Å². The minimum atomic E-state index is -0.391. The van der Waals surface area contributed by atoms with Crippen LogP contribution in [-0.2, 0) is 11.8 Å². The molecule has 0 unspecified atom stereocenters. The highest BCUT2D eigenvalue weighted by Gasteiger charge is 2.24. The molecule has 1 aliphatic rings. The van der Waals surface area contributed by atoms with Crippen molar-refractivity contribution >= 4 is 39.9 Å². The number of aryl methyl sites for hydroxylation is 2. The van der Waals surface area contributed by atoms with Crippen molar-refractivity contribution in [1.82, 2.24) is 9.88 Å². The monoisotopic (exact) mass is 512 g/mol. The average Bonchev–Trinajstić information content (AvgIpc) is 3.22.